The maximum Gasteiger partial charge on any atom is 0.346 e. The molecular weight excluding hydrogens is 476 g/mol. The Bertz CT molecular complexity index is 1490. The molecule has 1 aliphatic heterocycles. The van der Waals surface area contributed by atoms with Crippen molar-refractivity contribution in [3.05, 3.63) is 138 Å². The van der Waals surface area contributed by atoms with E-state index in [2.05, 4.69) is 15.4 Å². The molecule has 1 aliphatic rings. The molecule has 0 saturated heterocycles. The lowest BCUT2D eigenvalue weighted by Crippen LogP contribution is -2.79. The zero-order chi connectivity index (χ0) is 26.3. The summed E-state index contributed by atoms with van der Waals surface area (Å²) < 4.78 is 0. The van der Waals surface area contributed by atoms with E-state index in [1.54, 1.807) is 36.7 Å². The first-order chi connectivity index (χ1) is 18.6. The van der Waals surface area contributed by atoms with Crippen molar-refractivity contribution in [1.82, 2.24) is 15.3 Å². The van der Waals surface area contributed by atoms with Crippen molar-refractivity contribution in [2.75, 3.05) is 0 Å². The van der Waals surface area contributed by atoms with Gasteiger partial charge in [-0.05, 0) is 29.8 Å². The number of carbonyl (C=O) groups excluding carboxylic acids is 1. The monoisotopic (exact) mass is 503 g/mol. The molecule has 8 nitrogen and oxygen atoms in total. The molecule has 0 radical (unpaired) electrons. The van der Waals surface area contributed by atoms with Crippen LogP contribution < -0.4 is 10.6 Å². The summed E-state index contributed by atoms with van der Waals surface area (Å²) in [5, 5.41) is 29.9. The minimum Gasteiger partial charge on any atom is -0.508 e. The first kappa shape index (κ1) is 24.6. The lowest BCUT2D eigenvalue weighted by Gasteiger charge is -2.23. The number of nitrogens with two attached hydrogens (primary N) is 1. The van der Waals surface area contributed by atoms with Gasteiger partial charge in [-0.3, -0.25) is 21.0 Å². The van der Waals surface area contributed by atoms with E-state index in [1.807, 2.05) is 84.2 Å². The van der Waals surface area contributed by atoms with Crippen LogP contribution in [-0.4, -0.2) is 32.6 Å². The van der Waals surface area contributed by atoms with Gasteiger partial charge in [-0.15, -0.1) is 0 Å². The van der Waals surface area contributed by atoms with Gasteiger partial charge >= 0.3 is 6.03 Å². The van der Waals surface area contributed by atoms with Crippen molar-refractivity contribution in [1.29, 1.82) is 5.41 Å². The number of pyridine rings is 1. The second-order valence-corrected chi connectivity index (χ2v) is 8.78. The predicted octanol–water partition coefficient (Wildman–Crippen LogP) is 4.45. The summed E-state index contributed by atoms with van der Waals surface area (Å²) >= 11 is 0. The normalized spacial score (nSPS) is 15.2. The highest BCUT2D eigenvalue weighted by molar-refractivity contribution is 6.07. The van der Waals surface area contributed by atoms with Gasteiger partial charge in [0, 0.05) is 36.0 Å². The molecule has 1 atom stereocenters. The number of hydrazone groups is 1. The van der Waals surface area contributed by atoms with Crippen LogP contribution >= 0.6 is 0 Å². The van der Waals surface area contributed by atoms with Crippen LogP contribution in [0.5, 0.6) is 5.75 Å². The maximum atomic E-state index is 13.7. The number of para-hydroxylation sites is 2. The van der Waals surface area contributed by atoms with E-state index in [0.717, 1.165) is 16.8 Å². The van der Waals surface area contributed by atoms with Gasteiger partial charge in [-0.25, -0.2) is 9.80 Å². The first-order valence-electron chi connectivity index (χ1n) is 12.2. The Morgan fingerprint density at radius 2 is 1.68 bits per heavy atom. The van der Waals surface area contributed by atoms with Gasteiger partial charge in [0.2, 0.25) is 5.82 Å². The summed E-state index contributed by atoms with van der Waals surface area (Å²) in [6.45, 7) is 0. The number of aromatic hydroxyl groups is 1. The molecule has 1 unspecified atom stereocenters. The molecule has 0 aliphatic carbocycles. The number of nitrogens with zero attached hydrogens (tertiary/aromatic N) is 3. The Labute approximate surface area is 220 Å². The minimum atomic E-state index is -0.516. The number of aromatic nitrogens is 1. The fraction of sp³-hybridized carbons (Fsp3) is 0.0667. The largest absolute Gasteiger partial charge is 0.508 e. The van der Waals surface area contributed by atoms with Crippen molar-refractivity contribution in [2.24, 2.45) is 5.10 Å². The number of phenols is 1. The molecule has 0 bridgehead atoms. The summed E-state index contributed by atoms with van der Waals surface area (Å²) in [7, 11) is 0. The summed E-state index contributed by atoms with van der Waals surface area (Å²) in [4.78, 5) is 17.9. The predicted molar refractivity (Wildman–Crippen MR) is 146 cm³/mol. The number of urea groups is 1. The second kappa shape index (κ2) is 11.3. The van der Waals surface area contributed by atoms with Crippen LogP contribution in [0.4, 0.5) is 10.5 Å². The highest BCUT2D eigenvalue weighted by Crippen LogP contribution is 2.36. The van der Waals surface area contributed by atoms with Gasteiger partial charge in [0.25, 0.3) is 0 Å². The number of nitrogens with one attached hydrogen (secondary N) is 2. The highest BCUT2D eigenvalue weighted by atomic mass is 16.3. The van der Waals surface area contributed by atoms with Gasteiger partial charge in [-0.2, -0.15) is 5.10 Å². The molecule has 8 heteroatoms. The van der Waals surface area contributed by atoms with Crippen molar-refractivity contribution >= 4 is 23.1 Å². The molecule has 0 spiro atoms. The fourth-order valence-corrected chi connectivity index (χ4v) is 4.30. The Kier molecular flexibility index (Phi) is 7.33. The summed E-state index contributed by atoms with van der Waals surface area (Å²) in [5.74, 6) is 0.534. The third-order valence-electron chi connectivity index (χ3n) is 6.17. The Morgan fingerprint density at radius 3 is 2.39 bits per heavy atom. The zero-order valence-corrected chi connectivity index (χ0v) is 20.5. The highest BCUT2D eigenvalue weighted by Gasteiger charge is 2.35. The standard InChI is InChI=1S/C30H26N6O2/c31-25(21-10-3-1-4-11-21)18-29(33-23-13-5-2-6-14-23)34-30(38)36-27(24-15-7-8-16-28(24)37)19-26(35-36)22-12-9-17-32-20-22/h1-18,20,27,31,33,37H,19H2,(H,34,38)/p+1/b29-18+,31-25?. The van der Waals surface area contributed by atoms with Gasteiger partial charge in [0.05, 0.1) is 17.5 Å². The second-order valence-electron chi connectivity index (χ2n) is 8.78. The zero-order valence-electron chi connectivity index (χ0n) is 20.5. The first-order valence-corrected chi connectivity index (χ1v) is 12.2. The quantitative estimate of drug-likeness (QED) is 0.220. The van der Waals surface area contributed by atoms with Crippen molar-refractivity contribution in [3.63, 3.8) is 0 Å². The maximum absolute atomic E-state index is 13.7. The van der Waals surface area contributed by atoms with E-state index in [4.69, 9.17) is 5.41 Å². The number of quaternary nitrogens is 1. The summed E-state index contributed by atoms with van der Waals surface area (Å²) in [6.07, 6.45) is 5.43. The van der Waals surface area contributed by atoms with Crippen LogP contribution in [-0.2, 0) is 0 Å². The lowest BCUT2D eigenvalue weighted by molar-refractivity contribution is -0.522. The number of carbonyl (C=O) groups is 1. The molecular formula is C30H27N6O2+. The molecule has 0 fully saturated rings. The van der Waals surface area contributed by atoms with Crippen LogP contribution in [0.2, 0.25) is 0 Å². The van der Waals surface area contributed by atoms with Gasteiger partial charge < -0.3 is 5.11 Å². The Morgan fingerprint density at radius 1 is 0.974 bits per heavy atom. The van der Waals surface area contributed by atoms with E-state index in [-0.39, 0.29) is 11.5 Å². The van der Waals surface area contributed by atoms with Crippen LogP contribution in [0.3, 0.4) is 0 Å². The molecule has 1 aromatic heterocycles. The molecule has 2 heterocycles. The number of phenolic OH excluding ortho intramolecular Hbond substituents is 1. The van der Waals surface area contributed by atoms with E-state index in [1.165, 1.54) is 5.01 Å². The summed E-state index contributed by atoms with van der Waals surface area (Å²) in [6, 6.07) is 28.6. The van der Waals surface area contributed by atoms with Gasteiger partial charge in [-0.1, -0.05) is 72.8 Å². The SMILES string of the molecule is N=C(/C=C(/NC(=O)N1N=C(c2cccnc2)CC1c1ccccc1O)[NH2+]c1ccccc1)c1ccccc1. The minimum absolute atomic E-state index is 0.0930. The summed E-state index contributed by atoms with van der Waals surface area (Å²) in [5.41, 5.74) is 3.95. The molecule has 5 N–H and O–H groups in total. The number of benzene rings is 3. The molecule has 38 heavy (non-hydrogen) atoms. The average molecular weight is 504 g/mol. The fourth-order valence-electron chi connectivity index (χ4n) is 4.30. The van der Waals surface area contributed by atoms with Crippen LogP contribution in [0, 0.1) is 5.41 Å². The molecule has 3 aromatic carbocycles. The molecule has 188 valence electrons. The number of hydrogen-bond donors (Lipinski definition) is 4. The average Bonchev–Trinajstić information content (AvgIpc) is 3.40. The van der Waals surface area contributed by atoms with E-state index >= 15 is 0 Å². The molecule has 5 rings (SSSR count). The molecule has 0 saturated carbocycles. The Hall–Kier alpha value is -5.08. The topological polar surface area (TPSA) is 118 Å². The van der Waals surface area contributed by atoms with Crippen molar-refractivity contribution < 1.29 is 15.2 Å². The third-order valence-corrected chi connectivity index (χ3v) is 6.17. The van der Waals surface area contributed by atoms with Crippen LogP contribution in [0.1, 0.15) is 29.2 Å². The van der Waals surface area contributed by atoms with Gasteiger partial charge in [0.1, 0.15) is 11.4 Å². The number of hydrogen-bond acceptors (Lipinski definition) is 5. The Balaban J connectivity index is 1.47. The van der Waals surface area contributed by atoms with Crippen LogP contribution in [0.15, 0.2) is 126 Å². The smallest absolute Gasteiger partial charge is 0.346 e. The van der Waals surface area contributed by atoms with Gasteiger partial charge in [0.15, 0.2) is 0 Å². The third kappa shape index (κ3) is 5.66. The van der Waals surface area contributed by atoms with E-state index in [0.29, 0.717) is 23.5 Å². The van der Waals surface area contributed by atoms with Crippen molar-refractivity contribution in [2.45, 2.75) is 12.5 Å². The number of amides is 2. The lowest BCUT2D eigenvalue weighted by atomic mass is 9.98. The van der Waals surface area contributed by atoms with Crippen LogP contribution in [0.25, 0.3) is 0 Å². The molecule has 2 amide bonds. The number of rotatable bonds is 7. The number of allylic oxidation sites excluding steroid dienone is 1. The van der Waals surface area contributed by atoms with Crippen molar-refractivity contribution in [3.8, 4) is 5.75 Å². The van der Waals surface area contributed by atoms with E-state index in [9.17, 15) is 9.90 Å². The van der Waals surface area contributed by atoms with E-state index < -0.39 is 12.1 Å². The molecule has 4 aromatic rings.